The van der Waals surface area contributed by atoms with Gasteiger partial charge in [0.05, 0.1) is 0 Å². The molecule has 2 heterocycles. The SMILES string of the molecule is CCCCCCc1c(C)c2ccc(OCc3nnn[n-]3)c(C)c2oc1=O. The highest BCUT2D eigenvalue weighted by molar-refractivity contribution is 5.85. The van der Waals surface area contributed by atoms with Crippen LogP contribution in [0.1, 0.15) is 55.1 Å². The molecule has 138 valence electrons. The largest absolute Gasteiger partial charge is 0.488 e. The number of fused-ring (bicyclic) bond motifs is 1. The Balaban J connectivity index is 1.87. The number of unbranched alkanes of at least 4 members (excludes halogenated alkanes) is 3. The Hall–Kier alpha value is -2.70. The number of benzene rings is 1. The third kappa shape index (κ3) is 3.76. The van der Waals surface area contributed by atoms with Gasteiger partial charge in [0.1, 0.15) is 17.9 Å². The minimum absolute atomic E-state index is 0.165. The zero-order valence-electron chi connectivity index (χ0n) is 15.4. The highest BCUT2D eigenvalue weighted by Crippen LogP contribution is 2.30. The second-order valence-corrected chi connectivity index (χ2v) is 6.45. The summed E-state index contributed by atoms with van der Waals surface area (Å²) in [5.74, 6) is 1.03. The standard InChI is InChI=1S/C19H23N4O3/c1-4-5-6-7-8-15-12(2)14-9-10-16(13(3)18(14)26-19(15)24)25-11-17-20-22-23-21-17/h9-10H,4-8,11H2,1-3H3/q-1. The zero-order chi connectivity index (χ0) is 18.5. The lowest BCUT2D eigenvalue weighted by atomic mass is 9.99. The highest BCUT2D eigenvalue weighted by Gasteiger charge is 2.15. The Morgan fingerprint density at radius 1 is 1.15 bits per heavy atom. The number of hydrogen-bond donors (Lipinski definition) is 0. The molecule has 1 aromatic carbocycles. The molecule has 26 heavy (non-hydrogen) atoms. The maximum atomic E-state index is 12.5. The maximum absolute atomic E-state index is 12.5. The predicted molar refractivity (Wildman–Crippen MR) is 97.3 cm³/mol. The summed E-state index contributed by atoms with van der Waals surface area (Å²) in [6, 6.07) is 3.82. The summed E-state index contributed by atoms with van der Waals surface area (Å²) in [6.07, 6.45) is 5.26. The molecule has 0 spiro atoms. The zero-order valence-corrected chi connectivity index (χ0v) is 15.4. The Morgan fingerprint density at radius 2 is 2.00 bits per heavy atom. The molecule has 7 nitrogen and oxygen atoms in total. The van der Waals surface area contributed by atoms with Crippen LogP contribution >= 0.6 is 0 Å². The Bertz CT molecular complexity index is 932. The Kier molecular flexibility index (Phi) is 5.65. The molecule has 0 aliphatic carbocycles. The van der Waals surface area contributed by atoms with E-state index in [4.69, 9.17) is 9.15 Å². The van der Waals surface area contributed by atoms with E-state index in [2.05, 4.69) is 27.5 Å². The van der Waals surface area contributed by atoms with E-state index in [0.29, 0.717) is 17.2 Å². The van der Waals surface area contributed by atoms with Crippen molar-refractivity contribution in [3.63, 3.8) is 0 Å². The lowest BCUT2D eigenvalue weighted by Gasteiger charge is -2.13. The second-order valence-electron chi connectivity index (χ2n) is 6.45. The summed E-state index contributed by atoms with van der Waals surface area (Å²) in [7, 11) is 0. The molecule has 0 atom stereocenters. The topological polar surface area (TPSA) is 92.2 Å². The van der Waals surface area contributed by atoms with E-state index in [1.807, 2.05) is 26.0 Å². The quantitative estimate of drug-likeness (QED) is 0.452. The van der Waals surface area contributed by atoms with E-state index in [1.165, 1.54) is 12.8 Å². The van der Waals surface area contributed by atoms with Crippen LogP contribution in [0.5, 0.6) is 5.75 Å². The third-order valence-corrected chi connectivity index (χ3v) is 4.65. The molecule has 0 radical (unpaired) electrons. The summed E-state index contributed by atoms with van der Waals surface area (Å²) in [4.78, 5) is 12.5. The fraction of sp³-hybridized carbons (Fsp3) is 0.474. The molecular weight excluding hydrogens is 332 g/mol. The molecule has 0 bridgehead atoms. The van der Waals surface area contributed by atoms with Gasteiger partial charge in [0, 0.05) is 22.3 Å². The van der Waals surface area contributed by atoms with Crippen LogP contribution in [0.25, 0.3) is 11.0 Å². The van der Waals surface area contributed by atoms with Gasteiger partial charge >= 0.3 is 5.63 Å². The average molecular weight is 355 g/mol. The molecule has 0 amide bonds. The van der Waals surface area contributed by atoms with E-state index < -0.39 is 0 Å². The Labute approximate surface area is 151 Å². The van der Waals surface area contributed by atoms with Crippen molar-refractivity contribution in [2.75, 3.05) is 0 Å². The smallest absolute Gasteiger partial charge is 0.339 e. The molecule has 0 saturated heterocycles. The van der Waals surface area contributed by atoms with Crippen LogP contribution < -0.4 is 15.5 Å². The van der Waals surface area contributed by atoms with Crippen LogP contribution in [0, 0.1) is 13.8 Å². The summed E-state index contributed by atoms with van der Waals surface area (Å²) < 4.78 is 11.4. The molecule has 0 aliphatic heterocycles. The first-order valence-electron chi connectivity index (χ1n) is 8.98. The van der Waals surface area contributed by atoms with Gasteiger partial charge in [-0.15, -0.1) is 0 Å². The fourth-order valence-corrected chi connectivity index (χ4v) is 3.11. The molecule has 0 fully saturated rings. The molecule has 3 aromatic rings. The number of aryl methyl sites for hydroxylation is 2. The van der Waals surface area contributed by atoms with Gasteiger partial charge in [-0.2, -0.15) is 5.21 Å². The second kappa shape index (κ2) is 8.12. The fourth-order valence-electron chi connectivity index (χ4n) is 3.11. The first kappa shape index (κ1) is 18.1. The summed E-state index contributed by atoms with van der Waals surface area (Å²) in [5, 5.41) is 15.3. The maximum Gasteiger partial charge on any atom is 0.339 e. The van der Waals surface area contributed by atoms with Crippen LogP contribution in [-0.4, -0.2) is 15.5 Å². The normalized spacial score (nSPS) is 11.2. The number of aromatic nitrogens is 4. The van der Waals surface area contributed by atoms with Gasteiger partial charge in [-0.3, -0.25) is 10.3 Å². The van der Waals surface area contributed by atoms with Crippen molar-refractivity contribution in [1.82, 2.24) is 20.6 Å². The van der Waals surface area contributed by atoms with Crippen LogP contribution in [0.15, 0.2) is 21.3 Å². The number of rotatable bonds is 8. The third-order valence-electron chi connectivity index (χ3n) is 4.65. The first-order chi connectivity index (χ1) is 12.6. The van der Waals surface area contributed by atoms with Gasteiger partial charge in [0.15, 0.2) is 0 Å². The highest BCUT2D eigenvalue weighted by atomic mass is 16.5. The molecular formula is C19H23N4O3-. The van der Waals surface area contributed by atoms with Crippen LogP contribution in [-0.2, 0) is 13.0 Å². The van der Waals surface area contributed by atoms with E-state index in [9.17, 15) is 4.79 Å². The van der Waals surface area contributed by atoms with E-state index in [1.54, 1.807) is 0 Å². The van der Waals surface area contributed by atoms with E-state index >= 15 is 0 Å². The van der Waals surface area contributed by atoms with Crippen LogP contribution in [0.2, 0.25) is 0 Å². The summed E-state index contributed by atoms with van der Waals surface area (Å²) in [5.41, 5.74) is 2.88. The number of nitrogens with zero attached hydrogens (tertiary/aromatic N) is 4. The monoisotopic (exact) mass is 355 g/mol. The van der Waals surface area contributed by atoms with Gasteiger partial charge in [0.25, 0.3) is 0 Å². The number of hydrogen-bond acceptors (Lipinski definition) is 6. The molecule has 3 rings (SSSR count). The lowest BCUT2D eigenvalue weighted by molar-refractivity contribution is 0.293. The molecule has 0 aliphatic rings. The molecule has 2 aromatic heterocycles. The van der Waals surface area contributed by atoms with E-state index in [-0.39, 0.29) is 12.2 Å². The number of ether oxygens (including phenoxy) is 1. The summed E-state index contributed by atoms with van der Waals surface area (Å²) in [6.45, 7) is 6.21. The van der Waals surface area contributed by atoms with Gasteiger partial charge in [0.2, 0.25) is 0 Å². The van der Waals surface area contributed by atoms with Crippen molar-refractivity contribution in [3.8, 4) is 5.75 Å². The molecule has 0 N–H and O–H groups in total. The van der Waals surface area contributed by atoms with Crippen molar-refractivity contribution in [3.05, 3.63) is 45.1 Å². The molecule has 0 unspecified atom stereocenters. The minimum atomic E-state index is -0.250. The average Bonchev–Trinajstić information content (AvgIpc) is 3.14. The van der Waals surface area contributed by atoms with Crippen LogP contribution in [0.3, 0.4) is 0 Å². The van der Waals surface area contributed by atoms with Gasteiger partial charge in [-0.1, -0.05) is 26.2 Å². The van der Waals surface area contributed by atoms with E-state index in [0.717, 1.165) is 41.3 Å². The molecule has 0 saturated carbocycles. The lowest BCUT2D eigenvalue weighted by Crippen LogP contribution is -2.11. The first-order valence-corrected chi connectivity index (χ1v) is 8.98. The van der Waals surface area contributed by atoms with Crippen molar-refractivity contribution < 1.29 is 9.15 Å². The van der Waals surface area contributed by atoms with Crippen molar-refractivity contribution in [1.29, 1.82) is 0 Å². The van der Waals surface area contributed by atoms with Gasteiger partial charge in [-0.05, 0) is 44.4 Å². The van der Waals surface area contributed by atoms with Crippen molar-refractivity contribution in [2.45, 2.75) is 59.5 Å². The minimum Gasteiger partial charge on any atom is -0.488 e. The Morgan fingerprint density at radius 3 is 2.73 bits per heavy atom. The summed E-state index contributed by atoms with van der Waals surface area (Å²) >= 11 is 0. The van der Waals surface area contributed by atoms with Crippen molar-refractivity contribution >= 4 is 11.0 Å². The van der Waals surface area contributed by atoms with Crippen molar-refractivity contribution in [2.24, 2.45) is 0 Å². The van der Waals surface area contributed by atoms with Crippen LogP contribution in [0.4, 0.5) is 0 Å². The predicted octanol–water partition coefficient (Wildman–Crippen LogP) is 3.25. The molecule has 7 heteroatoms. The van der Waals surface area contributed by atoms with Gasteiger partial charge < -0.3 is 14.3 Å². The number of tetrazole rings is 1. The van der Waals surface area contributed by atoms with Gasteiger partial charge in [-0.25, -0.2) is 4.79 Å².